The Morgan fingerprint density at radius 3 is 2.55 bits per heavy atom. The van der Waals surface area contributed by atoms with Crippen LogP contribution in [-0.2, 0) is 12.8 Å². The SMILES string of the molecule is CC(C)CNCCc1nnc(Cc2ccc(Br)cc2)s1. The Kier molecular flexibility index (Phi) is 6.13. The predicted molar refractivity (Wildman–Crippen MR) is 88.3 cm³/mol. The molecule has 0 spiro atoms. The van der Waals surface area contributed by atoms with Crippen molar-refractivity contribution in [1.29, 1.82) is 0 Å². The van der Waals surface area contributed by atoms with E-state index >= 15 is 0 Å². The highest BCUT2D eigenvalue weighted by Crippen LogP contribution is 2.17. The minimum absolute atomic E-state index is 0.692. The van der Waals surface area contributed by atoms with Gasteiger partial charge in [0.25, 0.3) is 0 Å². The van der Waals surface area contributed by atoms with Gasteiger partial charge in [0.05, 0.1) is 0 Å². The molecule has 0 unspecified atom stereocenters. The fourth-order valence-corrected chi connectivity index (χ4v) is 2.97. The molecule has 0 bridgehead atoms. The summed E-state index contributed by atoms with van der Waals surface area (Å²) in [5.41, 5.74) is 1.27. The van der Waals surface area contributed by atoms with Crippen LogP contribution >= 0.6 is 27.3 Å². The lowest BCUT2D eigenvalue weighted by atomic mass is 10.2. The molecule has 0 aliphatic rings. The molecular formula is C15H20BrN3S. The fourth-order valence-electron chi connectivity index (χ4n) is 1.82. The molecule has 0 saturated carbocycles. The van der Waals surface area contributed by atoms with Crippen molar-refractivity contribution < 1.29 is 0 Å². The third-order valence-corrected chi connectivity index (χ3v) is 4.36. The van der Waals surface area contributed by atoms with Crippen molar-refractivity contribution in [3.63, 3.8) is 0 Å². The number of hydrogen-bond donors (Lipinski definition) is 1. The monoisotopic (exact) mass is 353 g/mol. The van der Waals surface area contributed by atoms with Crippen LogP contribution in [0.4, 0.5) is 0 Å². The third kappa shape index (κ3) is 5.31. The summed E-state index contributed by atoms with van der Waals surface area (Å²) < 4.78 is 1.11. The summed E-state index contributed by atoms with van der Waals surface area (Å²) in [4.78, 5) is 0. The van der Waals surface area contributed by atoms with Crippen molar-refractivity contribution in [3.8, 4) is 0 Å². The van der Waals surface area contributed by atoms with Crippen LogP contribution in [0.3, 0.4) is 0 Å². The zero-order valence-corrected chi connectivity index (χ0v) is 14.3. The van der Waals surface area contributed by atoms with Crippen molar-refractivity contribution in [2.45, 2.75) is 26.7 Å². The minimum Gasteiger partial charge on any atom is -0.316 e. The Morgan fingerprint density at radius 1 is 1.15 bits per heavy atom. The summed E-state index contributed by atoms with van der Waals surface area (Å²) in [6.07, 6.45) is 1.83. The number of aromatic nitrogens is 2. The Balaban J connectivity index is 1.81. The molecule has 1 aromatic heterocycles. The van der Waals surface area contributed by atoms with Gasteiger partial charge in [-0.1, -0.05) is 41.9 Å². The van der Waals surface area contributed by atoms with Gasteiger partial charge < -0.3 is 5.32 Å². The van der Waals surface area contributed by atoms with Crippen LogP contribution in [-0.4, -0.2) is 23.3 Å². The first kappa shape index (κ1) is 15.6. The summed E-state index contributed by atoms with van der Waals surface area (Å²) in [7, 11) is 0. The number of rotatable bonds is 7. The Bertz CT molecular complexity index is 522. The second kappa shape index (κ2) is 7.86. The highest BCUT2D eigenvalue weighted by atomic mass is 79.9. The first-order chi connectivity index (χ1) is 9.63. The van der Waals surface area contributed by atoms with E-state index in [-0.39, 0.29) is 0 Å². The van der Waals surface area contributed by atoms with E-state index in [4.69, 9.17) is 0 Å². The van der Waals surface area contributed by atoms with Crippen LogP contribution in [0.5, 0.6) is 0 Å². The van der Waals surface area contributed by atoms with Gasteiger partial charge in [-0.2, -0.15) is 0 Å². The second-order valence-electron chi connectivity index (χ2n) is 5.24. The summed E-state index contributed by atoms with van der Waals surface area (Å²) in [6.45, 7) is 6.47. The molecule has 20 heavy (non-hydrogen) atoms. The standard InChI is InChI=1S/C15H20BrN3S/c1-11(2)10-17-8-7-14-18-19-15(20-14)9-12-3-5-13(16)6-4-12/h3-6,11,17H,7-10H2,1-2H3. The Morgan fingerprint density at radius 2 is 1.85 bits per heavy atom. The molecule has 0 saturated heterocycles. The van der Waals surface area contributed by atoms with Crippen molar-refractivity contribution in [1.82, 2.24) is 15.5 Å². The van der Waals surface area contributed by atoms with Gasteiger partial charge in [-0.25, -0.2) is 0 Å². The number of nitrogens with zero attached hydrogens (tertiary/aromatic N) is 2. The molecule has 2 aromatic rings. The molecule has 1 aromatic carbocycles. The molecule has 0 amide bonds. The van der Waals surface area contributed by atoms with Gasteiger partial charge in [0.2, 0.25) is 0 Å². The van der Waals surface area contributed by atoms with E-state index in [0.29, 0.717) is 5.92 Å². The van der Waals surface area contributed by atoms with E-state index < -0.39 is 0 Å². The molecule has 0 atom stereocenters. The summed E-state index contributed by atoms with van der Waals surface area (Å²) in [6, 6.07) is 8.37. The summed E-state index contributed by atoms with van der Waals surface area (Å²) >= 11 is 5.16. The molecule has 0 fully saturated rings. The summed E-state index contributed by atoms with van der Waals surface area (Å²) in [5.74, 6) is 0.692. The van der Waals surface area contributed by atoms with Gasteiger partial charge in [0.1, 0.15) is 10.0 Å². The molecule has 2 rings (SSSR count). The van der Waals surface area contributed by atoms with Gasteiger partial charge in [-0.15, -0.1) is 21.5 Å². The van der Waals surface area contributed by atoms with E-state index in [1.54, 1.807) is 11.3 Å². The number of hydrogen-bond acceptors (Lipinski definition) is 4. The van der Waals surface area contributed by atoms with Crippen LogP contribution in [0.1, 0.15) is 29.4 Å². The molecule has 5 heteroatoms. The van der Waals surface area contributed by atoms with Gasteiger partial charge >= 0.3 is 0 Å². The van der Waals surface area contributed by atoms with Crippen LogP contribution in [0.2, 0.25) is 0 Å². The van der Waals surface area contributed by atoms with Crippen LogP contribution in [0.25, 0.3) is 0 Å². The first-order valence-electron chi connectivity index (χ1n) is 6.90. The number of benzene rings is 1. The first-order valence-corrected chi connectivity index (χ1v) is 8.51. The van der Waals surface area contributed by atoms with E-state index in [0.717, 1.165) is 40.4 Å². The van der Waals surface area contributed by atoms with E-state index in [1.807, 2.05) is 0 Å². The average Bonchev–Trinajstić information content (AvgIpc) is 2.85. The van der Waals surface area contributed by atoms with Crippen molar-refractivity contribution in [2.24, 2.45) is 5.92 Å². The molecule has 0 aliphatic heterocycles. The van der Waals surface area contributed by atoms with Crippen LogP contribution in [0, 0.1) is 5.92 Å². The lowest BCUT2D eigenvalue weighted by Crippen LogP contribution is -2.22. The summed E-state index contributed by atoms with van der Waals surface area (Å²) in [5, 5.41) is 14.2. The fraction of sp³-hybridized carbons (Fsp3) is 0.467. The quantitative estimate of drug-likeness (QED) is 0.771. The molecule has 108 valence electrons. The van der Waals surface area contributed by atoms with Gasteiger partial charge in [-0.3, -0.25) is 0 Å². The topological polar surface area (TPSA) is 37.8 Å². The molecule has 1 heterocycles. The Hall–Kier alpha value is -0.780. The molecule has 0 radical (unpaired) electrons. The van der Waals surface area contributed by atoms with E-state index in [1.165, 1.54) is 5.56 Å². The molecular weight excluding hydrogens is 334 g/mol. The van der Waals surface area contributed by atoms with Crippen LogP contribution < -0.4 is 5.32 Å². The van der Waals surface area contributed by atoms with E-state index in [2.05, 4.69) is 69.6 Å². The van der Waals surface area contributed by atoms with Gasteiger partial charge in [0.15, 0.2) is 0 Å². The highest BCUT2D eigenvalue weighted by molar-refractivity contribution is 9.10. The average molecular weight is 354 g/mol. The van der Waals surface area contributed by atoms with Crippen molar-refractivity contribution in [2.75, 3.05) is 13.1 Å². The Labute approximate surface area is 133 Å². The van der Waals surface area contributed by atoms with Crippen LogP contribution in [0.15, 0.2) is 28.7 Å². The van der Waals surface area contributed by atoms with Gasteiger partial charge in [0, 0.05) is 23.9 Å². The predicted octanol–water partition coefficient (Wildman–Crippen LogP) is 3.68. The largest absolute Gasteiger partial charge is 0.316 e. The number of halogens is 1. The normalized spacial score (nSPS) is 11.2. The maximum atomic E-state index is 4.28. The lowest BCUT2D eigenvalue weighted by molar-refractivity contribution is 0.553. The molecule has 0 aliphatic carbocycles. The third-order valence-electron chi connectivity index (χ3n) is 2.85. The van der Waals surface area contributed by atoms with Crippen molar-refractivity contribution >= 4 is 27.3 Å². The van der Waals surface area contributed by atoms with Gasteiger partial charge in [-0.05, 0) is 30.2 Å². The zero-order valence-electron chi connectivity index (χ0n) is 11.9. The zero-order chi connectivity index (χ0) is 14.4. The molecule has 1 N–H and O–H groups in total. The maximum absolute atomic E-state index is 4.28. The maximum Gasteiger partial charge on any atom is 0.121 e. The second-order valence-corrected chi connectivity index (χ2v) is 7.30. The van der Waals surface area contributed by atoms with E-state index in [9.17, 15) is 0 Å². The number of nitrogens with one attached hydrogen (secondary N) is 1. The lowest BCUT2D eigenvalue weighted by Gasteiger charge is -2.05. The molecule has 3 nitrogen and oxygen atoms in total. The van der Waals surface area contributed by atoms with Crippen molar-refractivity contribution in [3.05, 3.63) is 44.3 Å². The highest BCUT2D eigenvalue weighted by Gasteiger charge is 2.05. The minimum atomic E-state index is 0.692. The smallest absolute Gasteiger partial charge is 0.121 e.